The minimum absolute atomic E-state index is 0.705. The number of nitrogens with zero attached hydrogens (tertiary/aromatic N) is 3. The molecule has 0 bridgehead atoms. The van der Waals surface area contributed by atoms with E-state index >= 15 is 0 Å². The zero-order chi connectivity index (χ0) is 8.81. The molecule has 0 aliphatic carbocycles. The van der Waals surface area contributed by atoms with Crippen LogP contribution in [0, 0.1) is 0 Å². The lowest BCUT2D eigenvalue weighted by Gasteiger charge is -1.85. The molecule has 0 spiro atoms. The summed E-state index contributed by atoms with van der Waals surface area (Å²) in [5, 5.41) is 7.77. The Bertz CT molecular complexity index is 251. The lowest BCUT2D eigenvalue weighted by molar-refractivity contribution is 0.713. The second kappa shape index (κ2) is 4.66. The van der Waals surface area contributed by atoms with Crippen LogP contribution in [-0.4, -0.2) is 21.5 Å². The van der Waals surface area contributed by atoms with Gasteiger partial charge in [0.25, 0.3) is 0 Å². The molecule has 2 N–H and O–H groups in total. The summed E-state index contributed by atoms with van der Waals surface area (Å²) in [7, 11) is 1.86. The smallest absolute Gasteiger partial charge is 0.0864 e. The van der Waals surface area contributed by atoms with Crippen molar-refractivity contribution in [1.82, 2.24) is 15.0 Å². The van der Waals surface area contributed by atoms with Crippen LogP contribution < -0.4 is 5.73 Å². The fourth-order valence-electron chi connectivity index (χ4n) is 0.907. The maximum Gasteiger partial charge on any atom is 0.0864 e. The van der Waals surface area contributed by atoms with Crippen LogP contribution in [0.15, 0.2) is 18.3 Å². The minimum atomic E-state index is 0.705. The number of rotatable bonds is 4. The predicted molar refractivity (Wildman–Crippen MR) is 47.5 cm³/mol. The molecule has 1 aromatic heterocycles. The Kier molecular flexibility index (Phi) is 3.47. The Morgan fingerprint density at radius 1 is 1.58 bits per heavy atom. The molecule has 1 heterocycles. The van der Waals surface area contributed by atoms with E-state index < -0.39 is 0 Å². The van der Waals surface area contributed by atoms with E-state index in [1.165, 1.54) is 0 Å². The molecule has 0 fully saturated rings. The zero-order valence-corrected chi connectivity index (χ0v) is 7.27. The first kappa shape index (κ1) is 8.93. The van der Waals surface area contributed by atoms with Crippen molar-refractivity contribution in [3.8, 4) is 0 Å². The number of allylic oxidation sites excluding steroid dienone is 1. The Morgan fingerprint density at radius 2 is 2.42 bits per heavy atom. The van der Waals surface area contributed by atoms with Gasteiger partial charge in [-0.15, -0.1) is 5.10 Å². The molecule has 0 radical (unpaired) electrons. The SMILES string of the molecule is Cn1cc(C/C=C/CCN)nn1. The van der Waals surface area contributed by atoms with E-state index in [-0.39, 0.29) is 0 Å². The average Bonchev–Trinajstić information content (AvgIpc) is 2.45. The lowest BCUT2D eigenvalue weighted by Crippen LogP contribution is -1.95. The molecule has 0 aliphatic heterocycles. The van der Waals surface area contributed by atoms with E-state index in [0.717, 1.165) is 18.5 Å². The number of aryl methyl sites for hydroxylation is 1. The Hall–Kier alpha value is -1.16. The third-order valence-corrected chi connectivity index (χ3v) is 1.48. The molecule has 0 saturated carbocycles. The lowest BCUT2D eigenvalue weighted by atomic mass is 10.3. The molecular weight excluding hydrogens is 152 g/mol. The van der Waals surface area contributed by atoms with Crippen LogP contribution in [0.3, 0.4) is 0 Å². The van der Waals surface area contributed by atoms with Crippen LogP contribution >= 0.6 is 0 Å². The molecule has 12 heavy (non-hydrogen) atoms. The van der Waals surface area contributed by atoms with Gasteiger partial charge in [-0.1, -0.05) is 17.4 Å². The van der Waals surface area contributed by atoms with Gasteiger partial charge in [0, 0.05) is 19.7 Å². The second-order valence-corrected chi connectivity index (χ2v) is 2.64. The predicted octanol–water partition coefficient (Wildman–Crippen LogP) is 0.263. The molecule has 4 heteroatoms. The third-order valence-electron chi connectivity index (χ3n) is 1.48. The van der Waals surface area contributed by atoms with E-state index in [0.29, 0.717) is 6.54 Å². The third kappa shape index (κ3) is 2.84. The first-order valence-electron chi connectivity index (χ1n) is 4.03. The molecule has 66 valence electrons. The van der Waals surface area contributed by atoms with Crippen molar-refractivity contribution in [1.29, 1.82) is 0 Å². The molecule has 0 amide bonds. The van der Waals surface area contributed by atoms with E-state index in [9.17, 15) is 0 Å². The molecule has 0 saturated heterocycles. The molecular formula is C8H14N4. The van der Waals surface area contributed by atoms with Crippen molar-refractivity contribution in [3.05, 3.63) is 24.0 Å². The largest absolute Gasteiger partial charge is 0.330 e. The Labute approximate surface area is 72.1 Å². The highest BCUT2D eigenvalue weighted by atomic mass is 15.4. The summed E-state index contributed by atoms with van der Waals surface area (Å²) in [5.41, 5.74) is 6.32. The van der Waals surface area contributed by atoms with E-state index in [2.05, 4.69) is 22.5 Å². The number of aromatic nitrogens is 3. The van der Waals surface area contributed by atoms with Crippen molar-refractivity contribution in [2.75, 3.05) is 6.54 Å². The molecule has 1 aromatic rings. The topological polar surface area (TPSA) is 56.7 Å². The van der Waals surface area contributed by atoms with Crippen LogP contribution in [0.4, 0.5) is 0 Å². The van der Waals surface area contributed by atoms with Gasteiger partial charge in [0.05, 0.1) is 5.69 Å². The summed E-state index contributed by atoms with van der Waals surface area (Å²) < 4.78 is 1.70. The fraction of sp³-hybridized carbons (Fsp3) is 0.500. The number of nitrogens with two attached hydrogens (primary N) is 1. The summed E-state index contributed by atoms with van der Waals surface area (Å²) in [6.07, 6.45) is 7.81. The Balaban J connectivity index is 2.33. The van der Waals surface area contributed by atoms with Gasteiger partial charge in [-0.2, -0.15) is 0 Å². The standard InChI is InChI=1S/C8H14N4/c1-12-7-8(10-11-12)5-3-2-4-6-9/h2-3,7H,4-6,9H2,1H3/b3-2+. The van der Waals surface area contributed by atoms with E-state index in [4.69, 9.17) is 5.73 Å². The maximum absolute atomic E-state index is 5.33. The Morgan fingerprint density at radius 3 is 3.00 bits per heavy atom. The quantitative estimate of drug-likeness (QED) is 0.653. The summed E-state index contributed by atoms with van der Waals surface area (Å²) >= 11 is 0. The molecule has 4 nitrogen and oxygen atoms in total. The van der Waals surface area contributed by atoms with Gasteiger partial charge >= 0.3 is 0 Å². The summed E-state index contributed by atoms with van der Waals surface area (Å²) in [4.78, 5) is 0. The van der Waals surface area contributed by atoms with Gasteiger partial charge in [-0.3, -0.25) is 4.68 Å². The highest BCUT2D eigenvalue weighted by Crippen LogP contribution is 1.94. The normalized spacial score (nSPS) is 11.2. The van der Waals surface area contributed by atoms with Gasteiger partial charge in [-0.05, 0) is 13.0 Å². The number of hydrogen-bond acceptors (Lipinski definition) is 3. The maximum atomic E-state index is 5.33. The van der Waals surface area contributed by atoms with E-state index in [1.807, 2.05) is 13.2 Å². The molecule has 0 atom stereocenters. The highest BCUT2D eigenvalue weighted by Gasteiger charge is 1.92. The van der Waals surface area contributed by atoms with Gasteiger partial charge in [0.15, 0.2) is 0 Å². The van der Waals surface area contributed by atoms with Crippen LogP contribution in [0.2, 0.25) is 0 Å². The van der Waals surface area contributed by atoms with Crippen molar-refractivity contribution in [2.45, 2.75) is 12.8 Å². The second-order valence-electron chi connectivity index (χ2n) is 2.64. The van der Waals surface area contributed by atoms with Crippen molar-refractivity contribution in [3.63, 3.8) is 0 Å². The van der Waals surface area contributed by atoms with Gasteiger partial charge < -0.3 is 5.73 Å². The van der Waals surface area contributed by atoms with Crippen molar-refractivity contribution in [2.24, 2.45) is 12.8 Å². The summed E-state index contributed by atoms with van der Waals surface area (Å²) in [6.45, 7) is 0.705. The van der Waals surface area contributed by atoms with Crippen molar-refractivity contribution >= 4 is 0 Å². The monoisotopic (exact) mass is 166 g/mol. The van der Waals surface area contributed by atoms with Crippen LogP contribution in [0.25, 0.3) is 0 Å². The highest BCUT2D eigenvalue weighted by molar-refractivity contribution is 5.00. The van der Waals surface area contributed by atoms with Crippen LogP contribution in [0.1, 0.15) is 12.1 Å². The summed E-state index contributed by atoms with van der Waals surface area (Å²) in [5.74, 6) is 0. The van der Waals surface area contributed by atoms with Crippen LogP contribution in [0.5, 0.6) is 0 Å². The molecule has 0 aliphatic rings. The van der Waals surface area contributed by atoms with Crippen molar-refractivity contribution < 1.29 is 0 Å². The van der Waals surface area contributed by atoms with Gasteiger partial charge in [-0.25, -0.2) is 0 Å². The first-order valence-corrected chi connectivity index (χ1v) is 4.03. The van der Waals surface area contributed by atoms with E-state index in [1.54, 1.807) is 4.68 Å². The zero-order valence-electron chi connectivity index (χ0n) is 7.27. The fourth-order valence-corrected chi connectivity index (χ4v) is 0.907. The van der Waals surface area contributed by atoms with Gasteiger partial charge in [0.1, 0.15) is 0 Å². The summed E-state index contributed by atoms with van der Waals surface area (Å²) in [6, 6.07) is 0. The first-order chi connectivity index (χ1) is 5.83. The molecule has 0 unspecified atom stereocenters. The van der Waals surface area contributed by atoms with Crippen LogP contribution in [-0.2, 0) is 13.5 Å². The average molecular weight is 166 g/mol. The number of hydrogen-bond donors (Lipinski definition) is 1. The molecule has 1 rings (SSSR count). The van der Waals surface area contributed by atoms with Gasteiger partial charge in [0.2, 0.25) is 0 Å². The minimum Gasteiger partial charge on any atom is -0.330 e. The molecule has 0 aromatic carbocycles.